The third-order valence-electron chi connectivity index (χ3n) is 4.15. The molecule has 0 N–H and O–H groups in total. The number of ether oxygens (including phenoxy) is 1. The molecule has 142 valence electrons. The summed E-state index contributed by atoms with van der Waals surface area (Å²) in [6.07, 6.45) is 3.19. The van der Waals surface area contributed by atoms with E-state index in [1.807, 2.05) is 0 Å². The Morgan fingerprint density at radius 3 is 2.48 bits per heavy atom. The molecule has 0 unspecified atom stereocenters. The molecule has 3 aromatic rings. The van der Waals surface area contributed by atoms with Crippen molar-refractivity contribution in [2.45, 2.75) is 25.4 Å². The zero-order chi connectivity index (χ0) is 19.7. The van der Waals surface area contributed by atoms with E-state index in [1.165, 1.54) is 18.2 Å². The lowest BCUT2D eigenvalue weighted by Gasteiger charge is -2.25. The van der Waals surface area contributed by atoms with Crippen molar-refractivity contribution < 1.29 is 17.9 Å². The molecule has 2 heterocycles. The van der Waals surface area contributed by atoms with E-state index in [4.69, 9.17) is 4.74 Å². The highest BCUT2D eigenvalue weighted by Gasteiger charge is 2.36. The third kappa shape index (κ3) is 3.65. The van der Waals surface area contributed by atoms with Crippen molar-refractivity contribution in [3.8, 4) is 17.1 Å². The molecule has 0 aliphatic rings. The van der Waals surface area contributed by atoms with Crippen LogP contribution in [0.3, 0.4) is 0 Å². The van der Waals surface area contributed by atoms with Crippen molar-refractivity contribution >= 4 is 0 Å². The average molecular weight is 376 g/mol. The highest BCUT2D eigenvalue weighted by molar-refractivity contribution is 5.62. The minimum absolute atomic E-state index is 0.124. The van der Waals surface area contributed by atoms with E-state index >= 15 is 0 Å². The van der Waals surface area contributed by atoms with Gasteiger partial charge < -0.3 is 9.30 Å². The Kier molecular flexibility index (Phi) is 4.91. The monoisotopic (exact) mass is 376 g/mol. The number of pyridine rings is 1. The van der Waals surface area contributed by atoms with Crippen molar-refractivity contribution in [1.82, 2.24) is 19.7 Å². The van der Waals surface area contributed by atoms with Crippen molar-refractivity contribution in [1.29, 1.82) is 0 Å². The molecule has 0 saturated heterocycles. The zero-order valence-electron chi connectivity index (χ0n) is 15.2. The molecule has 3 rings (SSSR count). The number of aromatic nitrogens is 4. The Hall–Kier alpha value is -2.90. The van der Waals surface area contributed by atoms with Crippen LogP contribution in [0.15, 0.2) is 48.8 Å². The molecule has 0 bridgehead atoms. The summed E-state index contributed by atoms with van der Waals surface area (Å²) in [5, 5.41) is 8.20. The van der Waals surface area contributed by atoms with Gasteiger partial charge in [-0.05, 0) is 26.0 Å². The minimum Gasteiger partial charge on any atom is -0.478 e. The second-order valence-electron chi connectivity index (χ2n) is 6.59. The van der Waals surface area contributed by atoms with Gasteiger partial charge in [0, 0.05) is 24.4 Å². The van der Waals surface area contributed by atoms with Crippen LogP contribution in [-0.2, 0) is 18.6 Å². The minimum atomic E-state index is -3.61. The lowest BCUT2D eigenvalue weighted by molar-refractivity contribution is -0.0275. The van der Waals surface area contributed by atoms with Crippen molar-refractivity contribution in [2.75, 3.05) is 6.67 Å². The smallest absolute Gasteiger partial charge is 0.301 e. The molecule has 0 amide bonds. The number of hydrogen-bond donors (Lipinski definition) is 0. The maximum atomic E-state index is 14.0. The van der Waals surface area contributed by atoms with Crippen LogP contribution in [0.1, 0.15) is 25.2 Å². The molecular formula is C19H19F3N4O. The third-order valence-corrected chi connectivity index (χ3v) is 4.15. The molecule has 1 aromatic carbocycles. The molecule has 0 aliphatic heterocycles. The van der Waals surface area contributed by atoms with Gasteiger partial charge in [0.15, 0.2) is 23.9 Å². The van der Waals surface area contributed by atoms with Crippen LogP contribution in [0.5, 0.6) is 5.75 Å². The van der Waals surface area contributed by atoms with Crippen LogP contribution >= 0.6 is 0 Å². The summed E-state index contributed by atoms with van der Waals surface area (Å²) in [6.45, 7) is 1.79. The summed E-state index contributed by atoms with van der Waals surface area (Å²) in [4.78, 5) is 4.00. The number of hydrogen-bond acceptors (Lipinski definition) is 4. The second kappa shape index (κ2) is 7.02. The quantitative estimate of drug-likeness (QED) is 0.645. The Labute approximate surface area is 154 Å². The van der Waals surface area contributed by atoms with Gasteiger partial charge in [0.25, 0.3) is 0 Å². The number of halogens is 3. The van der Waals surface area contributed by atoms with E-state index in [9.17, 15) is 13.2 Å². The Balaban J connectivity index is 2.02. The molecule has 2 aromatic heterocycles. The number of benzene rings is 1. The van der Waals surface area contributed by atoms with Gasteiger partial charge in [0.1, 0.15) is 5.75 Å². The normalized spacial score (nSPS) is 12.2. The van der Waals surface area contributed by atoms with Crippen LogP contribution in [-0.4, -0.2) is 26.4 Å². The number of nitrogens with zero attached hydrogens (tertiary/aromatic N) is 4. The molecule has 5 nitrogen and oxygen atoms in total. The molecule has 0 atom stereocenters. The topological polar surface area (TPSA) is 52.8 Å². The van der Waals surface area contributed by atoms with E-state index < -0.39 is 23.8 Å². The van der Waals surface area contributed by atoms with Gasteiger partial charge in [-0.2, -0.15) is 8.78 Å². The summed E-state index contributed by atoms with van der Waals surface area (Å²) >= 11 is 0. The van der Waals surface area contributed by atoms with Crippen LogP contribution in [0.4, 0.5) is 13.2 Å². The lowest BCUT2D eigenvalue weighted by Crippen LogP contribution is -2.29. The number of alkyl halides is 3. The van der Waals surface area contributed by atoms with Gasteiger partial charge in [-0.1, -0.05) is 24.3 Å². The summed E-state index contributed by atoms with van der Waals surface area (Å²) in [5.74, 6) is -2.43. The van der Waals surface area contributed by atoms with E-state index in [2.05, 4.69) is 15.2 Å². The summed E-state index contributed by atoms with van der Waals surface area (Å²) in [7, 11) is 1.66. The van der Waals surface area contributed by atoms with Gasteiger partial charge >= 0.3 is 5.92 Å². The molecule has 0 spiro atoms. The van der Waals surface area contributed by atoms with E-state index in [0.717, 1.165) is 0 Å². The fraction of sp³-hybridized carbons (Fsp3) is 0.316. The molecular weight excluding hydrogens is 357 g/mol. The fourth-order valence-corrected chi connectivity index (χ4v) is 2.90. The van der Waals surface area contributed by atoms with Crippen LogP contribution < -0.4 is 4.74 Å². The summed E-state index contributed by atoms with van der Waals surface area (Å²) < 4.78 is 48.4. The predicted molar refractivity (Wildman–Crippen MR) is 94.2 cm³/mol. The first-order chi connectivity index (χ1) is 12.8. The lowest BCUT2D eigenvalue weighted by atomic mass is 10.0. The van der Waals surface area contributed by atoms with Gasteiger partial charge in [0.05, 0.1) is 6.20 Å². The van der Waals surface area contributed by atoms with Crippen molar-refractivity contribution in [2.24, 2.45) is 7.05 Å². The fourth-order valence-electron chi connectivity index (χ4n) is 2.90. The predicted octanol–water partition coefficient (Wildman–Crippen LogP) is 4.25. The first-order valence-electron chi connectivity index (χ1n) is 8.29. The summed E-state index contributed by atoms with van der Waals surface area (Å²) in [5.41, 5.74) is -1.21. The SMILES string of the molecule is Cn1c(-c2ccccc2C(F)(F)CF)nnc1C(C)(C)Oc1cccnc1. The van der Waals surface area contributed by atoms with E-state index in [-0.39, 0.29) is 11.4 Å². The Morgan fingerprint density at radius 1 is 1.07 bits per heavy atom. The molecule has 27 heavy (non-hydrogen) atoms. The van der Waals surface area contributed by atoms with Crippen LogP contribution in [0, 0.1) is 0 Å². The second-order valence-corrected chi connectivity index (χ2v) is 6.59. The van der Waals surface area contributed by atoms with Crippen LogP contribution in [0.2, 0.25) is 0 Å². The maximum Gasteiger partial charge on any atom is 0.301 e. The van der Waals surface area contributed by atoms with E-state index in [1.54, 1.807) is 56.1 Å². The summed E-state index contributed by atoms with van der Waals surface area (Å²) in [6, 6.07) is 9.20. The Morgan fingerprint density at radius 2 is 1.81 bits per heavy atom. The van der Waals surface area contributed by atoms with Gasteiger partial charge in [0.2, 0.25) is 0 Å². The zero-order valence-corrected chi connectivity index (χ0v) is 15.2. The first kappa shape index (κ1) is 18.9. The number of rotatable bonds is 6. The molecule has 0 fully saturated rings. The van der Waals surface area contributed by atoms with E-state index in [0.29, 0.717) is 11.6 Å². The van der Waals surface area contributed by atoms with Gasteiger partial charge in [-0.15, -0.1) is 10.2 Å². The average Bonchev–Trinajstić information content (AvgIpc) is 3.04. The molecule has 0 radical (unpaired) electrons. The molecule has 8 heteroatoms. The highest BCUT2D eigenvalue weighted by Crippen LogP contribution is 2.36. The highest BCUT2D eigenvalue weighted by atomic mass is 19.3. The van der Waals surface area contributed by atoms with Crippen molar-refractivity contribution in [3.05, 3.63) is 60.2 Å². The largest absolute Gasteiger partial charge is 0.478 e. The van der Waals surface area contributed by atoms with Crippen LogP contribution in [0.25, 0.3) is 11.4 Å². The van der Waals surface area contributed by atoms with Gasteiger partial charge in [-0.25, -0.2) is 4.39 Å². The molecule has 0 aliphatic carbocycles. The van der Waals surface area contributed by atoms with Gasteiger partial charge in [-0.3, -0.25) is 4.98 Å². The Bertz CT molecular complexity index is 926. The molecule has 0 saturated carbocycles. The standard InChI is InChI=1S/C19H19F3N4O/c1-18(2,27-13-7-6-10-23-11-13)17-25-24-16(26(17)3)14-8-4-5-9-15(14)19(21,22)12-20/h4-11H,12H2,1-3H3. The van der Waals surface area contributed by atoms with Crippen molar-refractivity contribution in [3.63, 3.8) is 0 Å². The maximum absolute atomic E-state index is 14.0. The first-order valence-corrected chi connectivity index (χ1v) is 8.29.